The van der Waals surface area contributed by atoms with Crippen LogP contribution in [0.25, 0.3) is 0 Å². The minimum absolute atomic E-state index is 0.353. The van der Waals surface area contributed by atoms with Gasteiger partial charge in [0.1, 0.15) is 0 Å². The third-order valence-electron chi connectivity index (χ3n) is 4.53. The first kappa shape index (κ1) is 9.08. The molecule has 0 aliphatic heterocycles. The Labute approximate surface area is 90.7 Å². The van der Waals surface area contributed by atoms with E-state index in [9.17, 15) is 0 Å². The van der Waals surface area contributed by atoms with E-state index >= 15 is 0 Å². The van der Waals surface area contributed by atoms with E-state index in [1.807, 2.05) is 0 Å². The molecule has 0 heterocycles. The molecule has 2 nitrogen and oxygen atoms in total. The van der Waals surface area contributed by atoms with Crippen LogP contribution in [0.3, 0.4) is 0 Å². The van der Waals surface area contributed by atoms with Gasteiger partial charge in [0.05, 0.1) is 11.4 Å². The van der Waals surface area contributed by atoms with E-state index in [-0.39, 0.29) is 0 Å². The van der Waals surface area contributed by atoms with Crippen molar-refractivity contribution in [2.45, 2.75) is 43.9 Å². The first-order valence-corrected chi connectivity index (χ1v) is 5.65. The summed E-state index contributed by atoms with van der Waals surface area (Å²) in [6, 6.07) is 4.21. The molecule has 2 aliphatic rings. The van der Waals surface area contributed by atoms with E-state index in [0.717, 1.165) is 11.4 Å². The molecular weight excluding hydrogens is 184 g/mol. The molecule has 80 valence electrons. The first-order chi connectivity index (χ1) is 6.95. The van der Waals surface area contributed by atoms with Gasteiger partial charge < -0.3 is 11.5 Å². The zero-order chi connectivity index (χ0) is 10.8. The summed E-state index contributed by atoms with van der Waals surface area (Å²) in [5, 5.41) is 0. The topological polar surface area (TPSA) is 52.0 Å². The average Bonchev–Trinajstić information content (AvgIpc) is 2.57. The van der Waals surface area contributed by atoms with Crippen molar-refractivity contribution >= 4 is 11.4 Å². The summed E-state index contributed by atoms with van der Waals surface area (Å²) >= 11 is 0. The molecule has 0 amide bonds. The Kier molecular flexibility index (Phi) is 1.40. The monoisotopic (exact) mass is 202 g/mol. The van der Waals surface area contributed by atoms with Crippen LogP contribution in [0.5, 0.6) is 0 Å². The Hall–Kier alpha value is -1.18. The van der Waals surface area contributed by atoms with Crippen LogP contribution in [0.4, 0.5) is 11.4 Å². The molecule has 0 spiro atoms. The summed E-state index contributed by atoms with van der Waals surface area (Å²) in [6.07, 6.45) is 3.85. The molecule has 0 saturated heterocycles. The molecule has 2 atom stereocenters. The predicted octanol–water partition coefficient (Wildman–Crippen LogP) is 2.56. The fourth-order valence-electron chi connectivity index (χ4n) is 3.68. The molecule has 1 saturated carbocycles. The largest absolute Gasteiger partial charge is 0.397 e. The van der Waals surface area contributed by atoms with Crippen LogP contribution in [0.1, 0.15) is 44.2 Å². The number of nitrogens with two attached hydrogens (primary N) is 2. The Morgan fingerprint density at radius 3 is 1.73 bits per heavy atom. The van der Waals surface area contributed by atoms with Crippen LogP contribution >= 0.6 is 0 Å². The first-order valence-electron chi connectivity index (χ1n) is 5.65. The van der Waals surface area contributed by atoms with Gasteiger partial charge in [-0.15, -0.1) is 0 Å². The number of hydrogen-bond acceptors (Lipinski definition) is 2. The third kappa shape index (κ3) is 0.947. The van der Waals surface area contributed by atoms with E-state index in [1.54, 1.807) is 0 Å². The van der Waals surface area contributed by atoms with Gasteiger partial charge in [-0.25, -0.2) is 0 Å². The molecule has 15 heavy (non-hydrogen) atoms. The molecule has 0 radical (unpaired) electrons. The van der Waals surface area contributed by atoms with Crippen molar-refractivity contribution in [3.8, 4) is 0 Å². The lowest BCUT2D eigenvalue weighted by atomic mass is 9.78. The molecule has 1 aromatic carbocycles. The zero-order valence-corrected chi connectivity index (χ0v) is 9.43. The minimum atomic E-state index is 0.353. The maximum absolute atomic E-state index is 5.90. The van der Waals surface area contributed by atoms with Gasteiger partial charge in [0.2, 0.25) is 0 Å². The van der Waals surface area contributed by atoms with E-state index in [0.29, 0.717) is 10.8 Å². The van der Waals surface area contributed by atoms with Crippen LogP contribution in [-0.4, -0.2) is 0 Å². The fraction of sp³-hybridized carbons (Fsp3) is 0.538. The van der Waals surface area contributed by atoms with Gasteiger partial charge >= 0.3 is 0 Å². The van der Waals surface area contributed by atoms with Gasteiger partial charge in [-0.1, -0.05) is 13.8 Å². The third-order valence-corrected chi connectivity index (χ3v) is 4.53. The van der Waals surface area contributed by atoms with Crippen molar-refractivity contribution in [3.63, 3.8) is 0 Å². The van der Waals surface area contributed by atoms with Gasteiger partial charge in [0.15, 0.2) is 0 Å². The normalized spacial score (nSPS) is 36.9. The van der Waals surface area contributed by atoms with Gasteiger partial charge in [-0.05, 0) is 53.4 Å². The van der Waals surface area contributed by atoms with Crippen molar-refractivity contribution in [2.24, 2.45) is 0 Å². The lowest BCUT2D eigenvalue weighted by Crippen LogP contribution is -2.18. The Morgan fingerprint density at radius 2 is 1.33 bits per heavy atom. The average molecular weight is 202 g/mol. The van der Waals surface area contributed by atoms with Crippen LogP contribution in [0.2, 0.25) is 0 Å². The zero-order valence-electron chi connectivity index (χ0n) is 9.43. The quantitative estimate of drug-likeness (QED) is 0.635. The molecule has 1 aromatic rings. The van der Waals surface area contributed by atoms with Crippen LogP contribution in [-0.2, 0) is 10.8 Å². The van der Waals surface area contributed by atoms with Crippen LogP contribution in [0.15, 0.2) is 12.1 Å². The van der Waals surface area contributed by atoms with Crippen molar-refractivity contribution in [2.75, 3.05) is 11.5 Å². The minimum Gasteiger partial charge on any atom is -0.397 e. The van der Waals surface area contributed by atoms with Crippen molar-refractivity contribution in [3.05, 3.63) is 23.3 Å². The summed E-state index contributed by atoms with van der Waals surface area (Å²) in [5.41, 5.74) is 16.9. The number of anilines is 2. The SMILES string of the molecule is CC12CCC(C)(C1)c1cc(N)c(N)cc12. The lowest BCUT2D eigenvalue weighted by molar-refractivity contribution is 0.484. The molecular formula is C13H18N2. The summed E-state index contributed by atoms with van der Waals surface area (Å²) in [5.74, 6) is 0. The van der Waals surface area contributed by atoms with E-state index < -0.39 is 0 Å². The number of rotatable bonds is 0. The molecule has 2 unspecified atom stereocenters. The van der Waals surface area contributed by atoms with Crippen molar-refractivity contribution < 1.29 is 0 Å². The maximum Gasteiger partial charge on any atom is 0.0550 e. The highest BCUT2D eigenvalue weighted by atomic mass is 14.7. The van der Waals surface area contributed by atoms with E-state index in [4.69, 9.17) is 11.5 Å². The molecule has 3 rings (SSSR count). The van der Waals surface area contributed by atoms with Gasteiger partial charge in [-0.2, -0.15) is 0 Å². The maximum atomic E-state index is 5.90. The van der Waals surface area contributed by atoms with Gasteiger partial charge in [-0.3, -0.25) is 0 Å². The smallest absolute Gasteiger partial charge is 0.0550 e. The lowest BCUT2D eigenvalue weighted by Gasteiger charge is -2.27. The van der Waals surface area contributed by atoms with Crippen molar-refractivity contribution in [1.82, 2.24) is 0 Å². The van der Waals surface area contributed by atoms with Gasteiger partial charge in [0, 0.05) is 0 Å². The standard InChI is InChI=1S/C13H18N2/c1-12-3-4-13(2,7-12)9-6-11(15)10(14)5-8(9)12/h5-6H,3-4,7,14-15H2,1-2H3. The number of nitrogen functional groups attached to an aromatic ring is 2. The van der Waals surface area contributed by atoms with Crippen molar-refractivity contribution in [1.29, 1.82) is 0 Å². The van der Waals surface area contributed by atoms with Crippen LogP contribution in [0, 0.1) is 0 Å². The Balaban J connectivity index is 2.30. The number of hydrogen-bond donors (Lipinski definition) is 2. The second-order valence-corrected chi connectivity index (χ2v) is 5.82. The highest BCUT2D eigenvalue weighted by Crippen LogP contribution is 2.61. The van der Waals surface area contributed by atoms with E-state index in [2.05, 4.69) is 26.0 Å². The van der Waals surface area contributed by atoms with E-state index in [1.165, 1.54) is 30.4 Å². The Bertz CT molecular complexity index is 411. The number of fused-ring (bicyclic) bond motifs is 5. The summed E-state index contributed by atoms with van der Waals surface area (Å²) < 4.78 is 0. The molecule has 2 aliphatic carbocycles. The summed E-state index contributed by atoms with van der Waals surface area (Å²) in [7, 11) is 0. The number of benzene rings is 1. The van der Waals surface area contributed by atoms with Gasteiger partial charge in [0.25, 0.3) is 0 Å². The molecule has 2 heteroatoms. The second kappa shape index (κ2) is 2.31. The molecule has 2 bridgehead atoms. The molecule has 1 fully saturated rings. The Morgan fingerprint density at radius 1 is 0.933 bits per heavy atom. The molecule has 4 N–H and O–H groups in total. The summed E-state index contributed by atoms with van der Waals surface area (Å²) in [4.78, 5) is 0. The summed E-state index contributed by atoms with van der Waals surface area (Å²) in [6.45, 7) is 4.72. The second-order valence-electron chi connectivity index (χ2n) is 5.82. The molecule has 0 aromatic heterocycles. The predicted molar refractivity (Wildman–Crippen MR) is 63.8 cm³/mol. The highest BCUT2D eigenvalue weighted by molar-refractivity contribution is 5.69. The highest BCUT2D eigenvalue weighted by Gasteiger charge is 2.52. The fourth-order valence-corrected chi connectivity index (χ4v) is 3.68. The van der Waals surface area contributed by atoms with Crippen LogP contribution < -0.4 is 11.5 Å².